The average Bonchev–Trinajstić information content (AvgIpc) is 2.57. The Morgan fingerprint density at radius 1 is 1.12 bits per heavy atom. The van der Waals surface area contributed by atoms with Crippen LogP contribution in [-0.2, 0) is 0 Å². The zero-order valence-electron chi connectivity index (χ0n) is 14.5. The Morgan fingerprint density at radius 2 is 1.85 bits per heavy atom. The minimum Gasteiger partial charge on any atom is -0.492 e. The Kier molecular flexibility index (Phi) is 5.42. The van der Waals surface area contributed by atoms with Gasteiger partial charge in [0, 0.05) is 9.86 Å². The first-order valence-electron chi connectivity index (χ1n) is 8.15. The second kappa shape index (κ2) is 7.74. The van der Waals surface area contributed by atoms with Crippen molar-refractivity contribution in [1.82, 2.24) is 5.32 Å². The molecule has 6 heteroatoms. The van der Waals surface area contributed by atoms with Gasteiger partial charge in [-0.3, -0.25) is 4.79 Å². The molecule has 0 spiro atoms. The molecule has 0 saturated carbocycles. The third-order valence-electron chi connectivity index (χ3n) is 3.79. The summed E-state index contributed by atoms with van der Waals surface area (Å²) in [5.41, 5.74) is 1.98. The Morgan fingerprint density at radius 3 is 2.58 bits per heavy atom. The maximum atomic E-state index is 12.3. The quantitative estimate of drug-likeness (QED) is 0.505. The Hall–Kier alpha value is -2.60. The molecule has 1 aromatic heterocycles. The molecular formula is C20H18BrNO4. The van der Waals surface area contributed by atoms with Crippen molar-refractivity contribution in [2.45, 2.75) is 13.8 Å². The summed E-state index contributed by atoms with van der Waals surface area (Å²) in [5, 5.41) is 3.36. The minimum atomic E-state index is -0.660. The summed E-state index contributed by atoms with van der Waals surface area (Å²) in [7, 11) is 0. The van der Waals surface area contributed by atoms with Gasteiger partial charge >= 0.3 is 5.63 Å². The van der Waals surface area contributed by atoms with E-state index in [1.807, 2.05) is 26.0 Å². The number of fused-ring (bicyclic) bond motifs is 1. The molecule has 1 heterocycles. The molecule has 0 fully saturated rings. The van der Waals surface area contributed by atoms with Gasteiger partial charge in [-0.2, -0.15) is 0 Å². The van der Waals surface area contributed by atoms with Crippen molar-refractivity contribution in [3.63, 3.8) is 0 Å². The fraction of sp³-hybridized carbons (Fsp3) is 0.200. The van der Waals surface area contributed by atoms with E-state index in [9.17, 15) is 9.59 Å². The molecule has 1 amide bonds. The number of carbonyl (C=O) groups is 1. The van der Waals surface area contributed by atoms with E-state index in [2.05, 4.69) is 27.3 Å². The molecule has 0 bridgehead atoms. The molecule has 0 atom stereocenters. The first kappa shape index (κ1) is 18.2. The summed E-state index contributed by atoms with van der Waals surface area (Å²) in [6.45, 7) is 4.58. The van der Waals surface area contributed by atoms with Gasteiger partial charge in [0.25, 0.3) is 5.91 Å². The summed E-state index contributed by atoms with van der Waals surface area (Å²) in [6, 6.07) is 12.7. The van der Waals surface area contributed by atoms with E-state index < -0.39 is 11.5 Å². The smallest absolute Gasteiger partial charge is 0.349 e. The second-order valence-corrected chi connectivity index (χ2v) is 6.97. The predicted octanol–water partition coefficient (Wildman–Crippen LogP) is 3.98. The molecule has 0 aliphatic heterocycles. The molecule has 0 radical (unpaired) electrons. The molecule has 134 valence electrons. The fourth-order valence-electron chi connectivity index (χ4n) is 2.70. The highest BCUT2D eigenvalue weighted by Gasteiger charge is 2.13. The molecule has 5 nitrogen and oxygen atoms in total. The van der Waals surface area contributed by atoms with Crippen LogP contribution in [0.3, 0.4) is 0 Å². The van der Waals surface area contributed by atoms with Crippen LogP contribution in [-0.4, -0.2) is 19.1 Å². The fourth-order valence-corrected chi connectivity index (χ4v) is 3.08. The topological polar surface area (TPSA) is 68.5 Å². The highest BCUT2D eigenvalue weighted by molar-refractivity contribution is 9.10. The summed E-state index contributed by atoms with van der Waals surface area (Å²) >= 11 is 3.36. The van der Waals surface area contributed by atoms with Gasteiger partial charge in [0.2, 0.25) is 0 Å². The highest BCUT2D eigenvalue weighted by Crippen LogP contribution is 2.19. The number of ether oxygens (including phenoxy) is 1. The molecule has 3 rings (SSSR count). The molecule has 26 heavy (non-hydrogen) atoms. The van der Waals surface area contributed by atoms with E-state index in [4.69, 9.17) is 9.15 Å². The number of hydrogen-bond donors (Lipinski definition) is 1. The number of rotatable bonds is 5. The lowest BCUT2D eigenvalue weighted by Crippen LogP contribution is -2.31. The lowest BCUT2D eigenvalue weighted by Gasteiger charge is -2.09. The molecule has 0 saturated heterocycles. The normalized spacial score (nSPS) is 10.7. The molecule has 1 N–H and O–H groups in total. The summed E-state index contributed by atoms with van der Waals surface area (Å²) in [6.07, 6.45) is 0. The van der Waals surface area contributed by atoms with E-state index in [0.29, 0.717) is 17.6 Å². The summed E-state index contributed by atoms with van der Waals surface area (Å²) in [5.74, 6) is 0.275. The maximum Gasteiger partial charge on any atom is 0.349 e. The first-order valence-corrected chi connectivity index (χ1v) is 8.94. The van der Waals surface area contributed by atoms with Crippen LogP contribution in [0.25, 0.3) is 11.0 Å². The zero-order chi connectivity index (χ0) is 18.7. The van der Waals surface area contributed by atoms with Gasteiger partial charge in [-0.15, -0.1) is 0 Å². The van der Waals surface area contributed by atoms with Gasteiger partial charge in [0.1, 0.15) is 23.5 Å². The Labute approximate surface area is 159 Å². The van der Waals surface area contributed by atoms with Gasteiger partial charge in [-0.1, -0.05) is 22.0 Å². The number of nitrogens with one attached hydrogen (secondary N) is 1. The number of halogens is 1. The lowest BCUT2D eigenvalue weighted by molar-refractivity contribution is 0.0943. The Bertz CT molecular complexity index is 1010. The minimum absolute atomic E-state index is 0.0259. The van der Waals surface area contributed by atoms with Crippen molar-refractivity contribution in [2.75, 3.05) is 13.2 Å². The van der Waals surface area contributed by atoms with Crippen molar-refractivity contribution >= 4 is 32.8 Å². The van der Waals surface area contributed by atoms with Crippen LogP contribution in [0.4, 0.5) is 0 Å². The van der Waals surface area contributed by atoms with Gasteiger partial charge in [0.15, 0.2) is 0 Å². The third-order valence-corrected chi connectivity index (χ3v) is 4.28. The van der Waals surface area contributed by atoms with E-state index in [-0.39, 0.29) is 12.1 Å². The number of amides is 1. The monoisotopic (exact) mass is 415 g/mol. The van der Waals surface area contributed by atoms with Crippen molar-refractivity contribution in [3.8, 4) is 5.75 Å². The van der Waals surface area contributed by atoms with E-state index in [1.54, 1.807) is 18.2 Å². The Balaban J connectivity index is 1.64. The highest BCUT2D eigenvalue weighted by atomic mass is 79.9. The average molecular weight is 416 g/mol. The van der Waals surface area contributed by atoms with Crippen molar-refractivity contribution in [1.29, 1.82) is 0 Å². The largest absolute Gasteiger partial charge is 0.492 e. The van der Waals surface area contributed by atoms with Gasteiger partial charge in [-0.25, -0.2) is 4.79 Å². The molecule has 2 aromatic carbocycles. The van der Waals surface area contributed by atoms with Gasteiger partial charge in [-0.05, 0) is 61.4 Å². The zero-order valence-corrected chi connectivity index (χ0v) is 16.1. The van der Waals surface area contributed by atoms with Crippen LogP contribution in [0.15, 0.2) is 56.1 Å². The predicted molar refractivity (Wildman–Crippen MR) is 104 cm³/mol. The molecule has 0 aliphatic rings. The van der Waals surface area contributed by atoms with Crippen molar-refractivity contribution < 1.29 is 13.9 Å². The van der Waals surface area contributed by atoms with E-state index >= 15 is 0 Å². The van der Waals surface area contributed by atoms with Crippen molar-refractivity contribution in [3.05, 3.63) is 74.0 Å². The number of carbonyl (C=O) groups excluding carboxylic acids is 1. The standard InChI is InChI=1S/C20H18BrNO4/c1-12-7-13(2)9-16(8-12)25-6-5-22-19(23)17-11-14-10-15(21)3-4-18(14)26-20(17)24/h3-4,7-11H,5-6H2,1-2H3,(H,22,23). The van der Waals surface area contributed by atoms with Crippen LogP contribution in [0, 0.1) is 13.8 Å². The summed E-state index contributed by atoms with van der Waals surface area (Å²) in [4.78, 5) is 24.3. The first-order chi connectivity index (χ1) is 12.4. The van der Waals surface area contributed by atoms with Gasteiger partial charge < -0.3 is 14.5 Å². The van der Waals surface area contributed by atoms with Gasteiger partial charge in [0.05, 0.1) is 6.54 Å². The van der Waals surface area contributed by atoms with E-state index in [1.165, 1.54) is 6.07 Å². The SMILES string of the molecule is Cc1cc(C)cc(OCCNC(=O)c2cc3cc(Br)ccc3oc2=O)c1. The molecule has 3 aromatic rings. The van der Waals surface area contributed by atoms with Crippen LogP contribution >= 0.6 is 15.9 Å². The lowest BCUT2D eigenvalue weighted by atomic mass is 10.1. The second-order valence-electron chi connectivity index (χ2n) is 6.06. The van der Waals surface area contributed by atoms with Crippen LogP contribution in [0.5, 0.6) is 5.75 Å². The van der Waals surface area contributed by atoms with Crippen LogP contribution in [0.1, 0.15) is 21.5 Å². The van der Waals surface area contributed by atoms with Crippen molar-refractivity contribution in [2.24, 2.45) is 0 Å². The van der Waals surface area contributed by atoms with Crippen LogP contribution in [0.2, 0.25) is 0 Å². The molecular weight excluding hydrogens is 398 g/mol. The number of hydrogen-bond acceptors (Lipinski definition) is 4. The van der Waals surface area contributed by atoms with Crippen LogP contribution < -0.4 is 15.7 Å². The number of benzene rings is 2. The molecule has 0 aliphatic carbocycles. The van der Waals surface area contributed by atoms with E-state index in [0.717, 1.165) is 21.3 Å². The number of aryl methyl sites for hydroxylation is 2. The summed E-state index contributed by atoms with van der Waals surface area (Å²) < 4.78 is 11.7. The maximum absolute atomic E-state index is 12.3. The molecule has 0 unspecified atom stereocenters. The third kappa shape index (κ3) is 4.32.